The molecule has 0 aliphatic carbocycles. The van der Waals surface area contributed by atoms with E-state index in [1.165, 1.54) is 0 Å². The van der Waals surface area contributed by atoms with Crippen molar-refractivity contribution in [3.63, 3.8) is 0 Å². The highest BCUT2D eigenvalue weighted by molar-refractivity contribution is 6.40. The fraction of sp³-hybridized carbons (Fsp3) is 0.729. The number of amides is 8. The van der Waals surface area contributed by atoms with Crippen molar-refractivity contribution >= 4 is 118 Å². The molecule has 0 saturated carbocycles. The van der Waals surface area contributed by atoms with E-state index in [4.69, 9.17) is 84.7 Å². The van der Waals surface area contributed by atoms with E-state index < -0.39 is 280 Å². The van der Waals surface area contributed by atoms with Crippen molar-refractivity contribution < 1.29 is 116 Å². The lowest BCUT2D eigenvalue weighted by Crippen LogP contribution is -2.80. The third-order valence-electron chi connectivity index (χ3n) is 13.1. The van der Waals surface area contributed by atoms with Gasteiger partial charge >= 0.3 is 47.8 Å². The van der Waals surface area contributed by atoms with Crippen LogP contribution in [0.25, 0.3) is 83.5 Å². The molecule has 0 bridgehead atoms. The first-order chi connectivity index (χ1) is 54.2. The van der Waals surface area contributed by atoms with Gasteiger partial charge in [0, 0.05) is 90.7 Å². The third kappa shape index (κ3) is 51.0. The number of esters is 4. The molecule has 0 heterocycles. The Bertz CT molecular complexity index is 3460. The Hall–Kier alpha value is -13.4. The first-order valence-electron chi connectivity index (χ1n) is 34.0. The Morgan fingerprint density at radius 1 is 0.265 bits per heavy atom. The molecule has 0 aromatic heterocycles. The molecule has 0 saturated heterocycles. The molecule has 0 fully saturated rings. The summed E-state index contributed by atoms with van der Waals surface area (Å²) in [5.74, 6) is -27.5. The van der Waals surface area contributed by atoms with Crippen LogP contribution in [0, 0.1) is 0 Å². The van der Waals surface area contributed by atoms with Gasteiger partial charge in [0.2, 0.25) is 47.3 Å². The Labute approximate surface area is 672 Å². The molecule has 56 nitrogen and oxygen atoms in total. The van der Waals surface area contributed by atoms with E-state index in [1.54, 1.807) is 83.1 Å². The second-order valence-electron chi connectivity index (χ2n) is 27.5. The number of hydrogen-bond acceptors (Lipinski definition) is 28. The number of nitrogens with one attached hydrogen (secondary N) is 8. The summed E-state index contributed by atoms with van der Waals surface area (Å²) in [6, 6.07) is -15.4. The van der Waals surface area contributed by atoms with Crippen LogP contribution in [0.15, 0.2) is 40.9 Å². The minimum atomic E-state index is -3.26. The van der Waals surface area contributed by atoms with Gasteiger partial charge in [-0.25, -0.2) is 0 Å². The number of carboxylic acid groups (broad SMARTS) is 4. The number of rotatable bonds is 48. The van der Waals surface area contributed by atoms with Crippen molar-refractivity contribution in [3.05, 3.63) is 83.5 Å². The summed E-state index contributed by atoms with van der Waals surface area (Å²) in [5, 5.41) is 78.4. The van der Waals surface area contributed by atoms with E-state index in [0.29, 0.717) is 0 Å². The molecule has 0 aliphatic heterocycles. The van der Waals surface area contributed by atoms with Crippen molar-refractivity contribution in [2.45, 2.75) is 268 Å². The maximum atomic E-state index is 14.1. The van der Waals surface area contributed by atoms with E-state index in [0.717, 1.165) is 0 Å². The predicted molar refractivity (Wildman–Crippen MR) is 398 cm³/mol. The van der Waals surface area contributed by atoms with Crippen molar-refractivity contribution in [2.75, 3.05) is 5.34 Å². The topological polar surface area (TPSA) is 877 Å². The molecule has 12 N–H and O–H groups in total. The molecule has 117 heavy (non-hydrogen) atoms. The Morgan fingerprint density at radius 2 is 0.376 bits per heavy atom. The first kappa shape index (κ1) is 108. The molecule has 0 rings (SSSR count). The van der Waals surface area contributed by atoms with Crippen molar-refractivity contribution in [1.82, 2.24) is 42.5 Å². The zero-order valence-electron chi connectivity index (χ0n) is 65.1. The Balaban J connectivity index is -0.00000223. The highest BCUT2D eigenvalue weighted by Crippen LogP contribution is 2.20. The highest BCUT2D eigenvalue weighted by Gasteiger charge is 2.46. The van der Waals surface area contributed by atoms with Gasteiger partial charge in [-0.1, -0.05) is 40.9 Å². The summed E-state index contributed by atoms with van der Waals surface area (Å²) < 4.78 is 21.0. The molecule has 644 valence electrons. The summed E-state index contributed by atoms with van der Waals surface area (Å²) in [6.07, 6.45) is -10.5. The number of carboxylic acids is 4. The largest absolute Gasteiger partial charge is 0.481 e. The van der Waals surface area contributed by atoms with Crippen molar-refractivity contribution in [3.8, 4) is 0 Å². The zero-order chi connectivity index (χ0) is 90.7. The molecule has 0 aliphatic rings. The van der Waals surface area contributed by atoms with Gasteiger partial charge in [0.15, 0.2) is 0 Å². The first-order valence-corrected chi connectivity index (χ1v) is 35.1. The predicted octanol–water partition coefficient (Wildman–Crippen LogP) is 6.92. The summed E-state index contributed by atoms with van der Waals surface area (Å²) >= 11 is 9.53. The van der Waals surface area contributed by atoms with Gasteiger partial charge in [-0.05, 0) is 179 Å². The zero-order valence-corrected chi connectivity index (χ0v) is 66.6. The van der Waals surface area contributed by atoms with Crippen molar-refractivity contribution in [1.29, 1.82) is 0 Å². The highest BCUT2D eigenvalue weighted by atomic mass is 35.5. The maximum Gasteiger partial charge on any atom is 0.306 e. The minimum absolute atomic E-state index is 0.194. The van der Waals surface area contributed by atoms with Crippen LogP contribution in [0.2, 0.25) is 0 Å². The second-order valence-corrected chi connectivity index (χ2v) is 28.3. The lowest BCUT2D eigenvalue weighted by molar-refractivity contribution is -0.156. The SMILES string of the molecule is CC(C)(C)OC(=O)CC[C@H](N=[N+]=[N-])C(=O)NC(NC(=O)[C@H](CCC(=O)OC(C)(C)C)N=[N+]=[N-])(NC(=O)[C@H](CCC(=O)OC(C)(C)C)N=[N+]=[N-])NC(=O)[C@H](CCC(=O)OC(C)(C)C)N=[N+]=[N-].ClCCl.[N-]=[N+]=N[C@@H](CCC(=O)O)C(=O)NC(NC(=O)[C@H](CCC(=O)O)N=[N+]=[N-])(NC(=O)[C@H](CCC(=O)O)N=[N+]=[N-])NC(=O)[C@H](CCC(=O)O)N=[N+]=[N-]. The minimum Gasteiger partial charge on any atom is -0.481 e. The van der Waals surface area contributed by atoms with Crippen LogP contribution < -0.4 is 42.5 Å². The number of hydrogen-bond donors (Lipinski definition) is 12. The molecule has 0 spiro atoms. The Morgan fingerprint density at radius 3 is 0.470 bits per heavy atom. The maximum absolute atomic E-state index is 14.1. The molecule has 8 amide bonds. The normalized spacial score (nSPS) is 13.7. The quantitative estimate of drug-likeness (QED) is 0.00559. The van der Waals surface area contributed by atoms with Crippen LogP contribution in [0.5, 0.6) is 0 Å². The summed E-state index contributed by atoms with van der Waals surface area (Å²) in [4.78, 5) is 225. The van der Waals surface area contributed by atoms with Crippen LogP contribution in [-0.4, -0.2) is 203 Å². The van der Waals surface area contributed by atoms with Crippen molar-refractivity contribution in [2.24, 2.45) is 40.9 Å². The van der Waals surface area contributed by atoms with Gasteiger partial charge in [0.1, 0.15) is 70.7 Å². The molecular formula is C59H90Cl2N32O24. The van der Waals surface area contributed by atoms with Gasteiger partial charge in [-0.15, -0.1) is 23.2 Å². The number of carbonyl (C=O) groups excluding carboxylic acids is 12. The molecular weight excluding hydrogens is 1610 g/mol. The fourth-order valence-corrected chi connectivity index (χ4v) is 8.58. The van der Waals surface area contributed by atoms with Gasteiger partial charge in [0.25, 0.3) is 11.8 Å². The van der Waals surface area contributed by atoms with Gasteiger partial charge in [-0.2, -0.15) is 0 Å². The molecule has 0 aromatic rings. The second kappa shape index (κ2) is 54.3. The van der Waals surface area contributed by atoms with E-state index in [1.807, 2.05) is 21.3 Å². The molecule has 58 heteroatoms. The van der Waals surface area contributed by atoms with E-state index in [-0.39, 0.29) is 5.34 Å². The van der Waals surface area contributed by atoms with Crippen LogP contribution in [0.3, 0.4) is 0 Å². The van der Waals surface area contributed by atoms with Gasteiger partial charge in [0.05, 0.1) is 5.34 Å². The number of halogens is 2. The number of ether oxygens (including phenoxy) is 4. The number of alkyl halides is 2. The van der Waals surface area contributed by atoms with Crippen LogP contribution >= 0.6 is 23.2 Å². The van der Waals surface area contributed by atoms with Gasteiger partial charge < -0.3 is 39.4 Å². The standard InChI is InChI=1S/C37H60N16O12.C21H28N16O12.CH2Cl2/c1-33(2,3)62-25(54)17-13-21(46-50-38)29(58)42-37(43-30(59)22(47-51-39)14-18-26(55)63-34(4,5)6,44-31(60)23(48-52-40)15-19-27(56)64-35(7,8)9)45-32(61)24(49-53-41)16-20-28(57)65-36(10,11)12;22-34-30-9(1-5-13(38)39)17(46)26-21(27-18(47)10(31-35-23)2-6-14(40)41,28-19(48)11(32-36-24)3-7-15(42)43)29-20(49)12(33-37-25)4-8-16(44)45;2-1-3/h21-24H,13-20H2,1-12H3,(H,42,58)(H,43,59)(H,44,60)(H,45,61);9-12H,1-8H2,(H,26,46)(H,27,47)(H,28,48)(H,29,49)(H,38,39)(H,40,41)(H,42,43)(H,44,45);1H2/t21-,22-,23-,24-;9-,10-,11-,12-;/m00./s1. The average molecular weight is 1700 g/mol. The van der Waals surface area contributed by atoms with E-state index in [2.05, 4.69) is 101 Å². The monoisotopic (exact) mass is 1700 g/mol. The number of aliphatic carboxylic acids is 4. The van der Waals surface area contributed by atoms with Crippen LogP contribution in [0.1, 0.15) is 186 Å². The van der Waals surface area contributed by atoms with Gasteiger partial charge in [-0.3, -0.25) is 119 Å². The number of azide groups is 8. The average Bonchev–Trinajstić information content (AvgIpc) is 0.808. The van der Waals surface area contributed by atoms with E-state index >= 15 is 0 Å². The lowest BCUT2D eigenvalue weighted by atomic mass is 10.1. The summed E-state index contributed by atoms with van der Waals surface area (Å²) in [7, 11) is 0. The lowest BCUT2D eigenvalue weighted by Gasteiger charge is -2.39. The number of nitrogens with zero attached hydrogens (tertiary/aromatic N) is 24. The summed E-state index contributed by atoms with van der Waals surface area (Å²) in [6.45, 7) is 18.8. The summed E-state index contributed by atoms with van der Waals surface area (Å²) in [5.41, 5.74) is 69.4. The number of carbonyl (C=O) groups is 16. The molecule has 0 aromatic carbocycles. The smallest absolute Gasteiger partial charge is 0.306 e. The van der Waals surface area contributed by atoms with Crippen LogP contribution in [-0.2, 0) is 95.7 Å². The van der Waals surface area contributed by atoms with E-state index in [9.17, 15) is 98.8 Å². The molecule has 0 unspecified atom stereocenters. The molecule has 0 radical (unpaired) electrons. The fourth-order valence-electron chi connectivity index (χ4n) is 8.58. The molecule has 8 atom stereocenters. The Kier molecular flexibility index (Phi) is 50.0. The van der Waals surface area contributed by atoms with Crippen LogP contribution in [0.4, 0.5) is 0 Å². The third-order valence-corrected chi connectivity index (χ3v) is 13.1.